The lowest BCUT2D eigenvalue weighted by Crippen LogP contribution is -2.41. The summed E-state index contributed by atoms with van der Waals surface area (Å²) in [5.41, 5.74) is 6.72. The van der Waals surface area contributed by atoms with Crippen molar-refractivity contribution in [2.24, 2.45) is 0 Å². The standard InChI is InChI=1S/C18H18N2O3/c1-13-7-9-15(10-8-13)18(23)20-19-17(22)12-11-16(21)14-5-3-2-4-6-14/h2-10H,11-12H2,1H3,(H,19,22)(H,20,23). The first-order valence-electron chi connectivity index (χ1n) is 7.30. The van der Waals surface area contributed by atoms with Crippen LogP contribution in [0.4, 0.5) is 0 Å². The molecule has 0 aliphatic carbocycles. The van der Waals surface area contributed by atoms with Crippen molar-refractivity contribution in [1.29, 1.82) is 0 Å². The summed E-state index contributed by atoms with van der Waals surface area (Å²) in [7, 11) is 0. The van der Waals surface area contributed by atoms with Crippen molar-refractivity contribution in [2.75, 3.05) is 0 Å². The second-order valence-corrected chi connectivity index (χ2v) is 5.16. The number of hydrazine groups is 1. The summed E-state index contributed by atoms with van der Waals surface area (Å²) < 4.78 is 0. The van der Waals surface area contributed by atoms with Gasteiger partial charge in [0.25, 0.3) is 5.91 Å². The minimum atomic E-state index is -0.408. The van der Waals surface area contributed by atoms with Gasteiger partial charge in [-0.1, -0.05) is 48.0 Å². The van der Waals surface area contributed by atoms with Crippen molar-refractivity contribution in [1.82, 2.24) is 10.9 Å². The van der Waals surface area contributed by atoms with Gasteiger partial charge in [0, 0.05) is 24.0 Å². The maximum atomic E-state index is 11.9. The molecule has 0 spiro atoms. The van der Waals surface area contributed by atoms with Crippen LogP contribution < -0.4 is 10.9 Å². The highest BCUT2D eigenvalue weighted by Gasteiger charge is 2.10. The molecule has 0 radical (unpaired) electrons. The van der Waals surface area contributed by atoms with Crippen molar-refractivity contribution in [3.63, 3.8) is 0 Å². The highest BCUT2D eigenvalue weighted by atomic mass is 16.2. The van der Waals surface area contributed by atoms with E-state index in [1.54, 1.807) is 36.4 Å². The van der Waals surface area contributed by atoms with E-state index in [4.69, 9.17) is 0 Å². The van der Waals surface area contributed by atoms with Crippen LogP contribution in [0.25, 0.3) is 0 Å². The van der Waals surface area contributed by atoms with Crippen LogP contribution in [0.15, 0.2) is 54.6 Å². The zero-order chi connectivity index (χ0) is 16.7. The highest BCUT2D eigenvalue weighted by molar-refractivity contribution is 5.98. The van der Waals surface area contributed by atoms with Gasteiger partial charge in [0.05, 0.1) is 0 Å². The van der Waals surface area contributed by atoms with Gasteiger partial charge in [0.1, 0.15) is 0 Å². The van der Waals surface area contributed by atoms with Gasteiger partial charge in [0.2, 0.25) is 5.91 Å². The number of aryl methyl sites for hydroxylation is 1. The fourth-order valence-corrected chi connectivity index (χ4v) is 1.96. The number of nitrogens with one attached hydrogen (secondary N) is 2. The monoisotopic (exact) mass is 310 g/mol. The molecule has 2 aromatic rings. The third-order valence-corrected chi connectivity index (χ3v) is 3.30. The van der Waals surface area contributed by atoms with Crippen molar-refractivity contribution in [2.45, 2.75) is 19.8 Å². The fourth-order valence-electron chi connectivity index (χ4n) is 1.96. The number of amides is 2. The number of hydrogen-bond donors (Lipinski definition) is 2. The molecule has 0 saturated carbocycles. The molecule has 2 N–H and O–H groups in total. The molecule has 0 heterocycles. The molecule has 0 saturated heterocycles. The van der Waals surface area contributed by atoms with Crippen molar-refractivity contribution in [3.8, 4) is 0 Å². The molecule has 2 amide bonds. The predicted molar refractivity (Wildman–Crippen MR) is 86.8 cm³/mol. The summed E-state index contributed by atoms with van der Waals surface area (Å²) in [6.07, 6.45) is 0.109. The second-order valence-electron chi connectivity index (χ2n) is 5.16. The van der Waals surface area contributed by atoms with Gasteiger partial charge in [-0.2, -0.15) is 0 Å². The molecule has 23 heavy (non-hydrogen) atoms. The summed E-state index contributed by atoms with van der Waals surface area (Å²) in [4.78, 5) is 35.4. The molecule has 118 valence electrons. The molecular formula is C18H18N2O3. The summed E-state index contributed by atoms with van der Waals surface area (Å²) >= 11 is 0. The van der Waals surface area contributed by atoms with E-state index in [0.717, 1.165) is 5.56 Å². The molecule has 2 aromatic carbocycles. The van der Waals surface area contributed by atoms with Crippen LogP contribution >= 0.6 is 0 Å². The minimum absolute atomic E-state index is 0.0158. The van der Waals surface area contributed by atoms with Crippen LogP contribution in [0.3, 0.4) is 0 Å². The Kier molecular flexibility index (Phi) is 5.63. The summed E-state index contributed by atoms with van der Waals surface area (Å²) in [5, 5.41) is 0. The quantitative estimate of drug-likeness (QED) is 0.658. The van der Waals surface area contributed by atoms with Crippen LogP contribution in [0.5, 0.6) is 0 Å². The Balaban J connectivity index is 1.76. The molecule has 0 aliphatic heterocycles. The zero-order valence-electron chi connectivity index (χ0n) is 12.8. The average molecular weight is 310 g/mol. The van der Waals surface area contributed by atoms with E-state index in [-0.39, 0.29) is 18.6 Å². The lowest BCUT2D eigenvalue weighted by molar-refractivity contribution is -0.121. The maximum Gasteiger partial charge on any atom is 0.269 e. The van der Waals surface area contributed by atoms with Crippen LogP contribution in [-0.2, 0) is 4.79 Å². The summed E-state index contributed by atoms with van der Waals surface area (Å²) in [5.74, 6) is -0.909. The Morgan fingerprint density at radius 1 is 0.783 bits per heavy atom. The lowest BCUT2D eigenvalue weighted by atomic mass is 10.1. The van der Waals surface area contributed by atoms with E-state index >= 15 is 0 Å². The number of rotatable bonds is 5. The molecule has 0 bridgehead atoms. The highest BCUT2D eigenvalue weighted by Crippen LogP contribution is 2.05. The predicted octanol–water partition coefficient (Wildman–Crippen LogP) is 2.42. The minimum Gasteiger partial charge on any atom is -0.294 e. The normalized spacial score (nSPS) is 9.96. The van der Waals surface area contributed by atoms with Gasteiger partial charge in [-0.25, -0.2) is 0 Å². The SMILES string of the molecule is Cc1ccc(C(=O)NNC(=O)CCC(=O)c2ccccc2)cc1. The lowest BCUT2D eigenvalue weighted by Gasteiger charge is -2.07. The first-order chi connectivity index (χ1) is 11.1. The number of carbonyl (C=O) groups is 3. The summed E-state index contributed by atoms with van der Waals surface area (Å²) in [6.45, 7) is 1.92. The van der Waals surface area contributed by atoms with Crippen molar-refractivity contribution < 1.29 is 14.4 Å². The largest absolute Gasteiger partial charge is 0.294 e. The molecular weight excluding hydrogens is 292 g/mol. The van der Waals surface area contributed by atoms with Crippen LogP contribution in [0.2, 0.25) is 0 Å². The Labute approximate surface area is 134 Å². The Bertz CT molecular complexity index is 694. The summed E-state index contributed by atoms with van der Waals surface area (Å²) in [6, 6.07) is 15.8. The molecule has 0 aromatic heterocycles. The third-order valence-electron chi connectivity index (χ3n) is 3.30. The smallest absolute Gasteiger partial charge is 0.269 e. The van der Waals surface area contributed by atoms with Gasteiger partial charge < -0.3 is 0 Å². The first kappa shape index (κ1) is 16.4. The number of Topliss-reactive ketones (excluding diaryl/α,β-unsaturated/α-hetero) is 1. The number of ketones is 1. The maximum absolute atomic E-state index is 11.9. The number of carbonyl (C=O) groups excluding carboxylic acids is 3. The van der Waals surface area contributed by atoms with E-state index in [1.807, 2.05) is 25.1 Å². The van der Waals surface area contributed by atoms with Crippen LogP contribution in [0.1, 0.15) is 39.1 Å². The van der Waals surface area contributed by atoms with E-state index in [0.29, 0.717) is 11.1 Å². The average Bonchev–Trinajstić information content (AvgIpc) is 2.59. The Morgan fingerprint density at radius 2 is 1.43 bits per heavy atom. The van der Waals surface area contributed by atoms with Gasteiger partial charge in [-0.15, -0.1) is 0 Å². The topological polar surface area (TPSA) is 75.3 Å². The van der Waals surface area contributed by atoms with Gasteiger partial charge in [-0.05, 0) is 19.1 Å². The molecule has 5 nitrogen and oxygen atoms in total. The van der Waals surface area contributed by atoms with E-state index < -0.39 is 11.8 Å². The molecule has 0 aliphatic rings. The van der Waals surface area contributed by atoms with Crippen molar-refractivity contribution >= 4 is 17.6 Å². The fraction of sp³-hybridized carbons (Fsp3) is 0.167. The molecule has 0 atom stereocenters. The van der Waals surface area contributed by atoms with E-state index in [1.165, 1.54) is 0 Å². The third kappa shape index (κ3) is 5.07. The second kappa shape index (κ2) is 7.89. The van der Waals surface area contributed by atoms with Gasteiger partial charge in [0.15, 0.2) is 5.78 Å². The Morgan fingerprint density at radius 3 is 2.09 bits per heavy atom. The molecule has 2 rings (SSSR count). The van der Waals surface area contributed by atoms with Crippen LogP contribution in [-0.4, -0.2) is 17.6 Å². The zero-order valence-corrected chi connectivity index (χ0v) is 12.8. The van der Waals surface area contributed by atoms with Gasteiger partial charge in [-0.3, -0.25) is 25.2 Å². The molecule has 0 fully saturated rings. The first-order valence-corrected chi connectivity index (χ1v) is 7.30. The van der Waals surface area contributed by atoms with Crippen LogP contribution in [0, 0.1) is 6.92 Å². The van der Waals surface area contributed by atoms with Gasteiger partial charge >= 0.3 is 0 Å². The molecule has 5 heteroatoms. The van der Waals surface area contributed by atoms with E-state index in [9.17, 15) is 14.4 Å². The molecule has 0 unspecified atom stereocenters. The van der Waals surface area contributed by atoms with E-state index in [2.05, 4.69) is 10.9 Å². The number of benzene rings is 2. The number of hydrogen-bond acceptors (Lipinski definition) is 3. The van der Waals surface area contributed by atoms with Crippen molar-refractivity contribution in [3.05, 3.63) is 71.3 Å². The Hall–Kier alpha value is -2.95.